The van der Waals surface area contributed by atoms with Gasteiger partial charge in [-0.1, -0.05) is 20.3 Å². The lowest BCUT2D eigenvalue weighted by molar-refractivity contribution is 0.0697. The first kappa shape index (κ1) is 13.2. The Morgan fingerprint density at radius 2 is 2.25 bits per heavy atom. The van der Waals surface area contributed by atoms with Gasteiger partial charge in [0.25, 0.3) is 0 Å². The Bertz CT molecular complexity index is 658. The van der Waals surface area contributed by atoms with Crippen LogP contribution in [0.2, 0.25) is 0 Å². The largest absolute Gasteiger partial charge is 0.478 e. The molecule has 0 bridgehead atoms. The summed E-state index contributed by atoms with van der Waals surface area (Å²) in [7, 11) is 0. The lowest BCUT2D eigenvalue weighted by atomic mass is 9.75. The lowest BCUT2D eigenvalue weighted by Gasteiger charge is -2.36. The van der Waals surface area contributed by atoms with Gasteiger partial charge in [0.1, 0.15) is 0 Å². The van der Waals surface area contributed by atoms with Crippen LogP contribution in [0.3, 0.4) is 0 Å². The van der Waals surface area contributed by atoms with E-state index in [0.717, 1.165) is 23.9 Å². The minimum atomic E-state index is -0.886. The van der Waals surface area contributed by atoms with Crippen molar-refractivity contribution in [1.82, 2.24) is 9.55 Å². The number of fused-ring (bicyclic) bond motifs is 1. The molecule has 0 spiro atoms. The number of carboxylic acid groups (broad SMARTS) is 1. The third-order valence-corrected chi connectivity index (χ3v) is 4.39. The van der Waals surface area contributed by atoms with Crippen LogP contribution in [0.1, 0.15) is 55.9 Å². The first-order chi connectivity index (χ1) is 9.46. The van der Waals surface area contributed by atoms with Crippen LogP contribution in [-0.2, 0) is 0 Å². The first-order valence-electron chi connectivity index (χ1n) is 7.16. The highest BCUT2D eigenvalue weighted by atomic mass is 16.4. The molecule has 1 heterocycles. The summed E-state index contributed by atoms with van der Waals surface area (Å²) >= 11 is 0. The van der Waals surface area contributed by atoms with Crippen molar-refractivity contribution in [3.05, 3.63) is 30.1 Å². The molecule has 20 heavy (non-hydrogen) atoms. The Morgan fingerprint density at radius 3 is 2.95 bits per heavy atom. The number of rotatable bonds is 2. The molecule has 0 amide bonds. The Balaban J connectivity index is 2.03. The average Bonchev–Trinajstić information content (AvgIpc) is 2.80. The number of hydrogen-bond acceptors (Lipinski definition) is 2. The van der Waals surface area contributed by atoms with E-state index >= 15 is 0 Å². The van der Waals surface area contributed by atoms with Crippen LogP contribution < -0.4 is 0 Å². The maximum absolute atomic E-state index is 11.1. The monoisotopic (exact) mass is 272 g/mol. The summed E-state index contributed by atoms with van der Waals surface area (Å²) in [4.78, 5) is 15.5. The maximum Gasteiger partial charge on any atom is 0.335 e. The number of imidazole rings is 1. The third kappa shape index (κ3) is 2.30. The van der Waals surface area contributed by atoms with Crippen molar-refractivity contribution in [3.8, 4) is 0 Å². The van der Waals surface area contributed by atoms with Crippen LogP contribution in [0.5, 0.6) is 0 Å². The second-order valence-electron chi connectivity index (χ2n) is 6.57. The summed E-state index contributed by atoms with van der Waals surface area (Å²) in [6.45, 7) is 4.61. The number of carboxylic acids is 1. The second-order valence-corrected chi connectivity index (χ2v) is 6.57. The molecule has 0 aliphatic heterocycles. The van der Waals surface area contributed by atoms with Crippen LogP contribution in [0, 0.1) is 5.41 Å². The zero-order chi connectivity index (χ0) is 14.3. The van der Waals surface area contributed by atoms with Crippen LogP contribution in [0.15, 0.2) is 24.5 Å². The molecule has 1 N–H and O–H groups in total. The standard InChI is InChI=1S/C16H20N2O2/c1-16(2)7-3-4-12(9-16)18-10-17-13-6-5-11(15(19)20)8-14(13)18/h5-6,8,10,12H,3-4,7,9H2,1-2H3,(H,19,20). The predicted molar refractivity (Wildman–Crippen MR) is 78.0 cm³/mol. The van der Waals surface area contributed by atoms with Gasteiger partial charge in [0.15, 0.2) is 0 Å². The maximum atomic E-state index is 11.1. The molecular weight excluding hydrogens is 252 g/mol. The van der Waals surface area contributed by atoms with Gasteiger partial charge in [-0.2, -0.15) is 0 Å². The predicted octanol–water partition coefficient (Wildman–Crippen LogP) is 3.88. The molecule has 4 heteroatoms. The second kappa shape index (κ2) is 4.62. The Morgan fingerprint density at radius 1 is 1.45 bits per heavy atom. The minimum absolute atomic E-state index is 0.328. The molecule has 106 valence electrons. The van der Waals surface area contributed by atoms with Gasteiger partial charge in [0.2, 0.25) is 0 Å². The van der Waals surface area contributed by atoms with Crippen molar-refractivity contribution < 1.29 is 9.90 Å². The number of nitrogens with zero attached hydrogens (tertiary/aromatic N) is 2. The molecule has 0 radical (unpaired) electrons. The van der Waals surface area contributed by atoms with Crippen molar-refractivity contribution >= 4 is 17.0 Å². The first-order valence-corrected chi connectivity index (χ1v) is 7.16. The number of hydrogen-bond donors (Lipinski definition) is 1. The molecule has 1 aliphatic rings. The van der Waals surface area contributed by atoms with Gasteiger partial charge in [0.05, 0.1) is 22.9 Å². The third-order valence-electron chi connectivity index (χ3n) is 4.39. The molecule has 1 saturated carbocycles. The van der Waals surface area contributed by atoms with Crippen molar-refractivity contribution in [2.75, 3.05) is 0 Å². The number of aromatic carboxylic acids is 1. The van der Waals surface area contributed by atoms with E-state index < -0.39 is 5.97 Å². The topological polar surface area (TPSA) is 55.1 Å². The smallest absolute Gasteiger partial charge is 0.335 e. The van der Waals surface area contributed by atoms with Gasteiger partial charge in [-0.25, -0.2) is 9.78 Å². The molecule has 1 aromatic carbocycles. The summed E-state index contributed by atoms with van der Waals surface area (Å²) in [5.74, 6) is -0.886. The molecule has 2 aromatic rings. The van der Waals surface area contributed by atoms with Crippen LogP contribution in [-0.4, -0.2) is 20.6 Å². The van der Waals surface area contributed by atoms with Gasteiger partial charge in [-0.05, 0) is 42.9 Å². The van der Waals surface area contributed by atoms with E-state index in [0.29, 0.717) is 17.0 Å². The van der Waals surface area contributed by atoms with Gasteiger partial charge < -0.3 is 9.67 Å². The molecule has 1 fully saturated rings. The zero-order valence-corrected chi connectivity index (χ0v) is 12.0. The Kier molecular flexibility index (Phi) is 3.04. The molecule has 3 rings (SSSR count). The van der Waals surface area contributed by atoms with Crippen molar-refractivity contribution in [1.29, 1.82) is 0 Å². The highest BCUT2D eigenvalue weighted by Crippen LogP contribution is 2.41. The van der Waals surface area contributed by atoms with E-state index in [9.17, 15) is 4.79 Å². The van der Waals surface area contributed by atoms with Gasteiger partial charge in [-0.3, -0.25) is 0 Å². The molecule has 4 nitrogen and oxygen atoms in total. The molecular formula is C16H20N2O2. The normalized spacial score (nSPS) is 22.0. The average molecular weight is 272 g/mol. The highest BCUT2D eigenvalue weighted by Gasteiger charge is 2.29. The quantitative estimate of drug-likeness (QED) is 0.902. The van der Waals surface area contributed by atoms with E-state index in [2.05, 4.69) is 23.4 Å². The summed E-state index contributed by atoms with van der Waals surface area (Å²) < 4.78 is 2.17. The van der Waals surface area contributed by atoms with E-state index in [4.69, 9.17) is 5.11 Å². The Hall–Kier alpha value is -1.84. The van der Waals surface area contributed by atoms with Crippen LogP contribution >= 0.6 is 0 Å². The zero-order valence-electron chi connectivity index (χ0n) is 12.0. The van der Waals surface area contributed by atoms with Crippen molar-refractivity contribution in [2.24, 2.45) is 5.41 Å². The SMILES string of the molecule is CC1(C)CCCC(n2cnc3ccc(C(=O)O)cc32)C1. The summed E-state index contributed by atoms with van der Waals surface area (Å²) in [5, 5.41) is 9.14. The van der Waals surface area contributed by atoms with E-state index in [-0.39, 0.29) is 0 Å². The minimum Gasteiger partial charge on any atom is -0.478 e. The molecule has 0 saturated heterocycles. The van der Waals surface area contributed by atoms with E-state index in [1.54, 1.807) is 18.2 Å². The Labute approximate surface area is 118 Å². The van der Waals surface area contributed by atoms with Gasteiger partial charge >= 0.3 is 5.97 Å². The number of carbonyl (C=O) groups is 1. The van der Waals surface area contributed by atoms with Crippen molar-refractivity contribution in [2.45, 2.75) is 45.6 Å². The fraction of sp³-hybridized carbons (Fsp3) is 0.500. The summed E-state index contributed by atoms with van der Waals surface area (Å²) in [5.41, 5.74) is 2.49. The molecule has 1 aliphatic carbocycles. The molecule has 1 aromatic heterocycles. The van der Waals surface area contributed by atoms with E-state index in [1.165, 1.54) is 12.8 Å². The fourth-order valence-electron chi connectivity index (χ4n) is 3.35. The van der Waals surface area contributed by atoms with Crippen LogP contribution in [0.4, 0.5) is 0 Å². The van der Waals surface area contributed by atoms with Gasteiger partial charge in [0, 0.05) is 6.04 Å². The number of aromatic nitrogens is 2. The summed E-state index contributed by atoms with van der Waals surface area (Å²) in [6.07, 6.45) is 6.61. The van der Waals surface area contributed by atoms with Crippen molar-refractivity contribution in [3.63, 3.8) is 0 Å². The molecule has 1 atom stereocenters. The summed E-state index contributed by atoms with van der Waals surface area (Å²) in [6, 6.07) is 5.58. The lowest BCUT2D eigenvalue weighted by Crippen LogP contribution is -2.24. The highest BCUT2D eigenvalue weighted by molar-refractivity contribution is 5.92. The molecule has 1 unspecified atom stereocenters. The van der Waals surface area contributed by atoms with E-state index in [1.807, 2.05) is 6.33 Å². The van der Waals surface area contributed by atoms with Gasteiger partial charge in [-0.15, -0.1) is 0 Å². The fourth-order valence-corrected chi connectivity index (χ4v) is 3.35. The number of benzene rings is 1. The van der Waals surface area contributed by atoms with Crippen LogP contribution in [0.25, 0.3) is 11.0 Å².